The van der Waals surface area contributed by atoms with E-state index < -0.39 is 0 Å². The zero-order chi connectivity index (χ0) is 22.2. The van der Waals surface area contributed by atoms with Crippen molar-refractivity contribution in [2.45, 2.75) is 20.0 Å². The van der Waals surface area contributed by atoms with Gasteiger partial charge in [-0.1, -0.05) is 30.3 Å². The normalized spacial score (nSPS) is 14.7. The third kappa shape index (κ3) is 7.09. The van der Waals surface area contributed by atoms with Gasteiger partial charge in [0.05, 0.1) is 19.8 Å². The largest absolute Gasteiger partial charge is 0.492 e. The van der Waals surface area contributed by atoms with Gasteiger partial charge in [0.25, 0.3) is 0 Å². The van der Waals surface area contributed by atoms with Crippen molar-refractivity contribution in [2.24, 2.45) is 4.99 Å². The molecule has 1 fully saturated rings. The first-order chi connectivity index (χ1) is 15.7. The second-order valence-corrected chi connectivity index (χ2v) is 7.88. The minimum absolute atomic E-state index is 0. The molecule has 8 heteroatoms. The van der Waals surface area contributed by atoms with Crippen molar-refractivity contribution >= 4 is 40.9 Å². The van der Waals surface area contributed by atoms with Crippen molar-refractivity contribution in [1.29, 1.82) is 0 Å². The predicted molar refractivity (Wildman–Crippen MR) is 143 cm³/mol. The van der Waals surface area contributed by atoms with Gasteiger partial charge >= 0.3 is 0 Å². The molecule has 3 aromatic rings. The molecule has 0 bridgehead atoms. The van der Waals surface area contributed by atoms with E-state index in [0.717, 1.165) is 72.4 Å². The van der Waals surface area contributed by atoms with Crippen LogP contribution in [-0.4, -0.2) is 57.4 Å². The van der Waals surface area contributed by atoms with Crippen LogP contribution in [0.5, 0.6) is 5.75 Å². The molecule has 1 aliphatic rings. The maximum absolute atomic E-state index is 5.98. The Labute approximate surface area is 212 Å². The lowest BCUT2D eigenvalue weighted by atomic mass is 10.1. The molecule has 1 aromatic heterocycles. The van der Waals surface area contributed by atoms with Gasteiger partial charge in [-0.3, -0.25) is 9.89 Å². The summed E-state index contributed by atoms with van der Waals surface area (Å²) in [5.41, 5.74) is 3.21. The molecule has 0 aliphatic carbocycles. The van der Waals surface area contributed by atoms with Gasteiger partial charge in [0.2, 0.25) is 0 Å². The highest BCUT2D eigenvalue weighted by Gasteiger charge is 2.11. The number of hydrogen-bond acceptors (Lipinski definition) is 5. The number of ether oxygens (including phenoxy) is 2. The number of benzene rings is 2. The molecule has 7 nitrogen and oxygen atoms in total. The molecular formula is C25H33IN4O3. The van der Waals surface area contributed by atoms with Gasteiger partial charge < -0.3 is 24.5 Å². The molecule has 0 spiro atoms. The van der Waals surface area contributed by atoms with Gasteiger partial charge in [0.15, 0.2) is 5.96 Å². The van der Waals surface area contributed by atoms with E-state index in [4.69, 9.17) is 13.9 Å². The Hall–Kier alpha value is -2.30. The number of para-hydroxylation sites is 1. The number of rotatable bonds is 8. The number of furan rings is 1. The fourth-order valence-electron chi connectivity index (χ4n) is 3.83. The molecule has 0 unspecified atom stereocenters. The van der Waals surface area contributed by atoms with Gasteiger partial charge in [0, 0.05) is 44.2 Å². The van der Waals surface area contributed by atoms with E-state index in [0.29, 0.717) is 19.7 Å². The summed E-state index contributed by atoms with van der Waals surface area (Å²) in [5, 5.41) is 7.86. The summed E-state index contributed by atoms with van der Waals surface area (Å²) in [7, 11) is 1.77. The van der Waals surface area contributed by atoms with E-state index >= 15 is 0 Å². The van der Waals surface area contributed by atoms with Crippen LogP contribution in [0.2, 0.25) is 0 Å². The average molecular weight is 564 g/mol. The lowest BCUT2D eigenvalue weighted by Gasteiger charge is -2.26. The second-order valence-electron chi connectivity index (χ2n) is 7.88. The minimum Gasteiger partial charge on any atom is -0.492 e. The molecule has 0 amide bonds. The van der Waals surface area contributed by atoms with Crippen molar-refractivity contribution < 1.29 is 13.9 Å². The number of morpholine rings is 1. The van der Waals surface area contributed by atoms with Crippen molar-refractivity contribution in [3.8, 4) is 5.75 Å². The van der Waals surface area contributed by atoms with Gasteiger partial charge in [-0.05, 0) is 30.7 Å². The zero-order valence-corrected chi connectivity index (χ0v) is 21.6. The Morgan fingerprint density at radius 2 is 1.85 bits per heavy atom. The van der Waals surface area contributed by atoms with Crippen LogP contribution in [0.3, 0.4) is 0 Å². The van der Waals surface area contributed by atoms with E-state index in [9.17, 15) is 0 Å². The molecule has 2 aromatic carbocycles. The fourth-order valence-corrected chi connectivity index (χ4v) is 3.83. The molecule has 0 atom stereocenters. The zero-order valence-electron chi connectivity index (χ0n) is 19.3. The van der Waals surface area contributed by atoms with Crippen LogP contribution in [0, 0.1) is 6.92 Å². The maximum Gasteiger partial charge on any atom is 0.191 e. The molecule has 178 valence electrons. The summed E-state index contributed by atoms with van der Waals surface area (Å²) in [6, 6.07) is 16.3. The van der Waals surface area contributed by atoms with Crippen LogP contribution in [0.1, 0.15) is 16.9 Å². The molecule has 4 rings (SSSR count). The molecule has 0 radical (unpaired) electrons. The van der Waals surface area contributed by atoms with Crippen molar-refractivity contribution in [3.05, 3.63) is 65.4 Å². The monoisotopic (exact) mass is 564 g/mol. The highest BCUT2D eigenvalue weighted by molar-refractivity contribution is 14.0. The maximum atomic E-state index is 5.98. The Kier molecular flexibility index (Phi) is 9.83. The number of nitrogens with one attached hydrogen (secondary N) is 2. The van der Waals surface area contributed by atoms with Crippen molar-refractivity contribution in [1.82, 2.24) is 15.5 Å². The topological polar surface area (TPSA) is 71.3 Å². The van der Waals surface area contributed by atoms with E-state index in [1.807, 2.05) is 30.3 Å². The third-order valence-electron chi connectivity index (χ3n) is 5.72. The summed E-state index contributed by atoms with van der Waals surface area (Å²) >= 11 is 0. The van der Waals surface area contributed by atoms with Gasteiger partial charge in [-0.15, -0.1) is 24.0 Å². The SMILES string of the molecule is CN=C(NCc1cccc(OCCN2CCOCC2)c1)NCc1oc2ccccc2c1C.I. The van der Waals surface area contributed by atoms with Crippen LogP contribution in [0.4, 0.5) is 0 Å². The Morgan fingerprint density at radius 3 is 2.64 bits per heavy atom. The average Bonchev–Trinajstić information content (AvgIpc) is 3.16. The first kappa shape index (κ1) is 25.3. The van der Waals surface area contributed by atoms with Crippen molar-refractivity contribution in [2.75, 3.05) is 46.5 Å². The lowest BCUT2D eigenvalue weighted by molar-refractivity contribution is 0.0322. The highest BCUT2D eigenvalue weighted by atomic mass is 127. The van der Waals surface area contributed by atoms with Crippen molar-refractivity contribution in [3.63, 3.8) is 0 Å². The number of fused-ring (bicyclic) bond motifs is 1. The van der Waals surface area contributed by atoms with Crippen LogP contribution >= 0.6 is 24.0 Å². The number of aliphatic imine (C=N–C) groups is 1. The summed E-state index contributed by atoms with van der Waals surface area (Å²) in [6.07, 6.45) is 0. The second kappa shape index (κ2) is 12.8. The summed E-state index contributed by atoms with van der Waals surface area (Å²) in [6.45, 7) is 8.49. The molecule has 1 saturated heterocycles. The van der Waals surface area contributed by atoms with Crippen LogP contribution in [0.15, 0.2) is 57.9 Å². The first-order valence-corrected chi connectivity index (χ1v) is 11.2. The van der Waals surface area contributed by atoms with Crippen LogP contribution in [0.25, 0.3) is 11.0 Å². The number of nitrogens with zero attached hydrogens (tertiary/aromatic N) is 2. The smallest absolute Gasteiger partial charge is 0.191 e. The Bertz CT molecular complexity index is 1050. The lowest BCUT2D eigenvalue weighted by Crippen LogP contribution is -2.38. The van der Waals surface area contributed by atoms with Gasteiger partial charge in [0.1, 0.15) is 23.7 Å². The third-order valence-corrected chi connectivity index (χ3v) is 5.72. The summed E-state index contributed by atoms with van der Waals surface area (Å²) in [5.74, 6) is 2.53. The number of aryl methyl sites for hydroxylation is 1. The van der Waals surface area contributed by atoms with E-state index in [1.165, 1.54) is 0 Å². The Morgan fingerprint density at radius 1 is 1.06 bits per heavy atom. The van der Waals surface area contributed by atoms with Gasteiger partial charge in [-0.2, -0.15) is 0 Å². The van der Waals surface area contributed by atoms with E-state index in [-0.39, 0.29) is 24.0 Å². The predicted octanol–water partition coefficient (Wildman–Crippen LogP) is 3.94. The summed E-state index contributed by atoms with van der Waals surface area (Å²) in [4.78, 5) is 6.70. The Balaban J connectivity index is 0.00000306. The van der Waals surface area contributed by atoms with Crippen LogP contribution < -0.4 is 15.4 Å². The molecule has 33 heavy (non-hydrogen) atoms. The number of halogens is 1. The standard InChI is InChI=1S/C25H32N4O3.HI/c1-19-22-8-3-4-9-23(22)32-24(19)18-28-25(26-2)27-17-20-6-5-7-21(16-20)31-15-12-29-10-13-30-14-11-29;/h3-9,16H,10-15,17-18H2,1-2H3,(H2,26,27,28);1H. The number of hydrogen-bond donors (Lipinski definition) is 2. The molecule has 1 aliphatic heterocycles. The van der Waals surface area contributed by atoms with Crippen LogP contribution in [-0.2, 0) is 17.8 Å². The quantitative estimate of drug-likeness (QED) is 0.246. The number of guanidine groups is 1. The van der Waals surface area contributed by atoms with Gasteiger partial charge in [-0.25, -0.2) is 0 Å². The minimum atomic E-state index is 0. The molecule has 2 heterocycles. The molecule has 0 saturated carbocycles. The van der Waals surface area contributed by atoms with E-state index in [1.54, 1.807) is 7.05 Å². The fraction of sp³-hybridized carbons (Fsp3) is 0.400. The molecule has 2 N–H and O–H groups in total. The summed E-state index contributed by atoms with van der Waals surface area (Å²) < 4.78 is 17.3. The van der Waals surface area contributed by atoms with E-state index in [2.05, 4.69) is 45.6 Å². The highest BCUT2D eigenvalue weighted by Crippen LogP contribution is 2.24. The molecular weight excluding hydrogens is 531 g/mol. The first-order valence-electron chi connectivity index (χ1n) is 11.2.